The number of thioether (sulfide) groups is 1. The highest BCUT2D eigenvalue weighted by molar-refractivity contribution is 7.99. The van der Waals surface area contributed by atoms with E-state index >= 15 is 0 Å². The van der Waals surface area contributed by atoms with Gasteiger partial charge >= 0.3 is 0 Å². The van der Waals surface area contributed by atoms with Gasteiger partial charge in [0.1, 0.15) is 5.82 Å². The third kappa shape index (κ3) is 3.86. The number of rotatable bonds is 5. The molecule has 4 rings (SSSR count). The first-order valence-electron chi connectivity index (χ1n) is 8.08. The van der Waals surface area contributed by atoms with Crippen molar-refractivity contribution in [1.29, 1.82) is 0 Å². The van der Waals surface area contributed by atoms with Crippen molar-refractivity contribution in [3.8, 4) is 10.8 Å². The number of thiophene rings is 1. The molecular formula is C16H16N6O2S2. The Labute approximate surface area is 158 Å². The van der Waals surface area contributed by atoms with Crippen molar-refractivity contribution < 1.29 is 9.21 Å². The number of nitrogens with zero attached hydrogens (tertiary/aromatic N) is 6. The van der Waals surface area contributed by atoms with Crippen LogP contribution in [0.4, 0.5) is 5.82 Å². The van der Waals surface area contributed by atoms with Crippen LogP contribution in [0.15, 0.2) is 45.7 Å². The van der Waals surface area contributed by atoms with Crippen LogP contribution in [0.5, 0.6) is 0 Å². The summed E-state index contributed by atoms with van der Waals surface area (Å²) in [5.41, 5.74) is 0. The second kappa shape index (κ2) is 7.83. The Hall–Kier alpha value is -2.46. The minimum absolute atomic E-state index is 0.0738. The van der Waals surface area contributed by atoms with Gasteiger partial charge in [-0.2, -0.15) is 0 Å². The number of anilines is 1. The van der Waals surface area contributed by atoms with Crippen LogP contribution in [0, 0.1) is 0 Å². The number of aromatic nitrogens is 4. The van der Waals surface area contributed by atoms with Crippen LogP contribution in [0.1, 0.15) is 0 Å². The molecule has 3 aromatic rings. The number of carbonyl (C=O) groups is 1. The van der Waals surface area contributed by atoms with Crippen LogP contribution < -0.4 is 4.90 Å². The van der Waals surface area contributed by atoms with Gasteiger partial charge in [0.15, 0.2) is 0 Å². The first-order valence-corrected chi connectivity index (χ1v) is 9.95. The molecule has 1 saturated heterocycles. The molecule has 0 spiro atoms. The monoisotopic (exact) mass is 388 g/mol. The zero-order valence-electron chi connectivity index (χ0n) is 13.8. The van der Waals surface area contributed by atoms with Gasteiger partial charge < -0.3 is 14.2 Å². The molecule has 1 amide bonds. The van der Waals surface area contributed by atoms with Gasteiger partial charge in [-0.3, -0.25) is 9.78 Å². The lowest BCUT2D eigenvalue weighted by Gasteiger charge is -2.35. The van der Waals surface area contributed by atoms with Crippen LogP contribution in [-0.4, -0.2) is 62.9 Å². The quantitative estimate of drug-likeness (QED) is 0.614. The third-order valence-electron chi connectivity index (χ3n) is 3.96. The van der Waals surface area contributed by atoms with Crippen LogP contribution in [-0.2, 0) is 4.79 Å². The van der Waals surface area contributed by atoms with E-state index in [4.69, 9.17) is 4.42 Å². The van der Waals surface area contributed by atoms with Crippen molar-refractivity contribution in [3.05, 3.63) is 36.1 Å². The molecule has 0 atom stereocenters. The van der Waals surface area contributed by atoms with Gasteiger partial charge in [0.25, 0.3) is 11.1 Å². The molecule has 0 aromatic carbocycles. The van der Waals surface area contributed by atoms with Crippen molar-refractivity contribution in [2.45, 2.75) is 5.22 Å². The fourth-order valence-corrected chi connectivity index (χ4v) is 3.93. The molecule has 0 radical (unpaired) electrons. The van der Waals surface area contributed by atoms with Gasteiger partial charge in [-0.15, -0.1) is 21.5 Å². The number of hydrogen-bond donors (Lipinski definition) is 0. The highest BCUT2D eigenvalue weighted by Gasteiger charge is 2.22. The van der Waals surface area contributed by atoms with Crippen LogP contribution in [0.3, 0.4) is 0 Å². The topological polar surface area (TPSA) is 88.3 Å². The molecule has 1 aliphatic rings. The molecule has 0 aliphatic carbocycles. The van der Waals surface area contributed by atoms with Crippen molar-refractivity contribution in [2.75, 3.05) is 36.8 Å². The Morgan fingerprint density at radius 2 is 2.12 bits per heavy atom. The van der Waals surface area contributed by atoms with E-state index in [1.807, 2.05) is 22.4 Å². The largest absolute Gasteiger partial charge is 0.410 e. The Bertz CT molecular complexity index is 847. The maximum Gasteiger partial charge on any atom is 0.277 e. The molecule has 26 heavy (non-hydrogen) atoms. The number of hydrogen-bond acceptors (Lipinski definition) is 9. The SMILES string of the molecule is O=C(CSc1nnc(-c2cccs2)o1)N1CCN(c2cnccn2)CC1. The number of amides is 1. The highest BCUT2D eigenvalue weighted by Crippen LogP contribution is 2.26. The van der Waals surface area contributed by atoms with E-state index in [-0.39, 0.29) is 11.7 Å². The Morgan fingerprint density at radius 3 is 2.85 bits per heavy atom. The standard InChI is InChI=1S/C16H16N6O2S2/c23-14(11-26-16-20-19-15(24-16)12-2-1-9-25-12)22-7-5-21(6-8-22)13-10-17-3-4-18-13/h1-4,9-10H,5-8,11H2. The second-order valence-corrected chi connectivity index (χ2v) is 7.44. The zero-order chi connectivity index (χ0) is 17.8. The molecule has 0 unspecified atom stereocenters. The van der Waals surface area contributed by atoms with Crippen molar-refractivity contribution in [1.82, 2.24) is 25.1 Å². The average molecular weight is 388 g/mol. The summed E-state index contributed by atoms with van der Waals surface area (Å²) in [6.07, 6.45) is 5.08. The summed E-state index contributed by atoms with van der Waals surface area (Å²) in [5.74, 6) is 1.70. The summed E-state index contributed by atoms with van der Waals surface area (Å²) in [5, 5.41) is 10.4. The maximum absolute atomic E-state index is 12.4. The molecular weight excluding hydrogens is 372 g/mol. The fraction of sp³-hybridized carbons (Fsp3) is 0.312. The summed E-state index contributed by atoms with van der Waals surface area (Å²) in [6.45, 7) is 2.83. The molecule has 0 bridgehead atoms. The van der Waals surface area contributed by atoms with Gasteiger partial charge in [0.2, 0.25) is 5.91 Å². The Balaban J connectivity index is 1.27. The summed E-state index contributed by atoms with van der Waals surface area (Å²) in [4.78, 5) is 25.7. The summed E-state index contributed by atoms with van der Waals surface area (Å²) in [6, 6.07) is 3.86. The predicted molar refractivity (Wildman–Crippen MR) is 99.2 cm³/mol. The average Bonchev–Trinajstić information content (AvgIpc) is 3.38. The van der Waals surface area contributed by atoms with Crippen LogP contribution in [0.25, 0.3) is 10.8 Å². The fourth-order valence-electron chi connectivity index (χ4n) is 2.62. The molecule has 10 heteroatoms. The lowest BCUT2D eigenvalue weighted by atomic mass is 10.3. The van der Waals surface area contributed by atoms with E-state index in [0.29, 0.717) is 24.2 Å². The van der Waals surface area contributed by atoms with Crippen LogP contribution >= 0.6 is 23.1 Å². The molecule has 134 valence electrons. The lowest BCUT2D eigenvalue weighted by Crippen LogP contribution is -2.49. The van der Waals surface area contributed by atoms with E-state index in [2.05, 4.69) is 25.1 Å². The second-order valence-electron chi connectivity index (χ2n) is 5.57. The van der Waals surface area contributed by atoms with Gasteiger partial charge in [-0.25, -0.2) is 4.98 Å². The van der Waals surface area contributed by atoms with E-state index in [0.717, 1.165) is 23.8 Å². The lowest BCUT2D eigenvalue weighted by molar-refractivity contribution is -0.128. The number of carbonyl (C=O) groups excluding carboxylic acids is 1. The molecule has 0 saturated carbocycles. The molecule has 1 fully saturated rings. The van der Waals surface area contributed by atoms with E-state index in [9.17, 15) is 4.79 Å². The van der Waals surface area contributed by atoms with Gasteiger partial charge in [0.05, 0.1) is 16.8 Å². The molecule has 4 heterocycles. The Morgan fingerprint density at radius 1 is 1.23 bits per heavy atom. The molecule has 1 aliphatic heterocycles. The molecule has 0 N–H and O–H groups in total. The maximum atomic E-state index is 12.4. The minimum atomic E-state index is 0.0738. The summed E-state index contributed by atoms with van der Waals surface area (Å²) < 4.78 is 5.60. The molecule has 3 aromatic heterocycles. The minimum Gasteiger partial charge on any atom is -0.410 e. The first-order chi connectivity index (χ1) is 12.8. The van der Waals surface area contributed by atoms with Gasteiger partial charge in [0, 0.05) is 38.6 Å². The highest BCUT2D eigenvalue weighted by atomic mass is 32.2. The van der Waals surface area contributed by atoms with Crippen molar-refractivity contribution in [3.63, 3.8) is 0 Å². The molecule has 8 nitrogen and oxygen atoms in total. The number of piperazine rings is 1. The third-order valence-corrected chi connectivity index (χ3v) is 5.62. The summed E-state index contributed by atoms with van der Waals surface area (Å²) in [7, 11) is 0. The van der Waals surface area contributed by atoms with E-state index in [1.54, 1.807) is 18.6 Å². The van der Waals surface area contributed by atoms with Crippen LogP contribution in [0.2, 0.25) is 0 Å². The van der Waals surface area contributed by atoms with Gasteiger partial charge in [-0.1, -0.05) is 17.8 Å². The van der Waals surface area contributed by atoms with E-state index < -0.39 is 0 Å². The van der Waals surface area contributed by atoms with Crippen molar-refractivity contribution >= 4 is 34.8 Å². The smallest absolute Gasteiger partial charge is 0.277 e. The zero-order valence-corrected chi connectivity index (χ0v) is 15.4. The Kier molecular flexibility index (Phi) is 5.12. The normalized spacial score (nSPS) is 14.6. The van der Waals surface area contributed by atoms with Gasteiger partial charge in [-0.05, 0) is 11.4 Å². The first kappa shape index (κ1) is 17.0. The van der Waals surface area contributed by atoms with E-state index in [1.165, 1.54) is 23.1 Å². The van der Waals surface area contributed by atoms with Crippen molar-refractivity contribution in [2.24, 2.45) is 0 Å². The predicted octanol–water partition coefficient (Wildman–Crippen LogP) is 2.03. The summed E-state index contributed by atoms with van der Waals surface area (Å²) >= 11 is 2.81.